The molecule has 3 unspecified atom stereocenters. The summed E-state index contributed by atoms with van der Waals surface area (Å²) >= 11 is 0. The lowest BCUT2D eigenvalue weighted by atomic mass is 9.95. The Kier molecular flexibility index (Phi) is 19.9. The molecule has 0 radical (unpaired) electrons. The van der Waals surface area contributed by atoms with Gasteiger partial charge in [0.1, 0.15) is 0 Å². The number of unbranched alkanes of at least 4 members (excludes halogenated alkanes) is 6. The van der Waals surface area contributed by atoms with Gasteiger partial charge in [0, 0.05) is 17.8 Å². The van der Waals surface area contributed by atoms with Gasteiger partial charge in [-0.25, -0.2) is 0 Å². The van der Waals surface area contributed by atoms with E-state index in [1.807, 2.05) is 0 Å². The average Bonchev–Trinajstić information content (AvgIpc) is 2.55. The Balaban J connectivity index is 0. The minimum Gasteiger partial charge on any atom is -1.00 e. The second-order valence-electron chi connectivity index (χ2n) is 9.97. The molecule has 0 bridgehead atoms. The standard InChI is InChI=1S/C25H54N.ClH/c1-8-11-14-17-23(4)20-26(7,21-24(5)18-15-12-9-2)22-25(6)19-16-13-10-3;/h23-25H,8-22H2,1-7H3;1H/q+1;/p-1. The van der Waals surface area contributed by atoms with Gasteiger partial charge in [-0.1, -0.05) is 99.3 Å². The second-order valence-corrected chi connectivity index (χ2v) is 9.97. The summed E-state index contributed by atoms with van der Waals surface area (Å²) in [5, 5.41) is 0. The van der Waals surface area contributed by atoms with E-state index in [1.54, 1.807) is 0 Å². The molecule has 0 saturated heterocycles. The van der Waals surface area contributed by atoms with E-state index in [4.69, 9.17) is 0 Å². The van der Waals surface area contributed by atoms with Crippen LogP contribution in [0.25, 0.3) is 0 Å². The fraction of sp³-hybridized carbons (Fsp3) is 1.00. The van der Waals surface area contributed by atoms with Crippen LogP contribution < -0.4 is 12.4 Å². The van der Waals surface area contributed by atoms with Gasteiger partial charge in [-0.15, -0.1) is 0 Å². The van der Waals surface area contributed by atoms with Crippen molar-refractivity contribution in [2.24, 2.45) is 17.8 Å². The molecule has 2 heteroatoms. The summed E-state index contributed by atoms with van der Waals surface area (Å²) in [7, 11) is 2.57. The molecular weight excluding hydrogens is 350 g/mol. The Morgan fingerprint density at radius 3 is 1.00 bits per heavy atom. The molecule has 0 aromatic rings. The molecule has 0 fully saturated rings. The molecule has 0 aliphatic heterocycles. The number of nitrogens with zero attached hydrogens (tertiary/aromatic N) is 1. The first-order valence-electron chi connectivity index (χ1n) is 12.2. The topological polar surface area (TPSA) is 0 Å². The van der Waals surface area contributed by atoms with Gasteiger partial charge in [-0.2, -0.15) is 0 Å². The molecule has 0 rings (SSSR count). The number of halogens is 1. The number of hydrogen-bond acceptors (Lipinski definition) is 0. The van der Waals surface area contributed by atoms with Gasteiger partial charge >= 0.3 is 0 Å². The first-order valence-corrected chi connectivity index (χ1v) is 12.2. The fourth-order valence-electron chi connectivity index (χ4n) is 4.98. The maximum atomic E-state index is 2.57. The van der Waals surface area contributed by atoms with Crippen molar-refractivity contribution >= 4 is 0 Å². The van der Waals surface area contributed by atoms with E-state index >= 15 is 0 Å². The largest absolute Gasteiger partial charge is 1.00 e. The summed E-state index contributed by atoms with van der Waals surface area (Å²) in [4.78, 5) is 0. The molecule has 27 heavy (non-hydrogen) atoms. The summed E-state index contributed by atoms with van der Waals surface area (Å²) in [6.07, 6.45) is 16.8. The third-order valence-corrected chi connectivity index (χ3v) is 6.16. The molecule has 0 N–H and O–H groups in total. The van der Waals surface area contributed by atoms with Crippen molar-refractivity contribution in [2.45, 2.75) is 119 Å². The Morgan fingerprint density at radius 2 is 0.778 bits per heavy atom. The van der Waals surface area contributed by atoms with Crippen LogP contribution in [0.5, 0.6) is 0 Å². The summed E-state index contributed by atoms with van der Waals surface area (Å²) < 4.78 is 1.31. The quantitative estimate of drug-likeness (QED) is 0.221. The monoisotopic (exact) mass is 403 g/mol. The molecule has 0 saturated carbocycles. The molecule has 0 aromatic carbocycles. The zero-order chi connectivity index (χ0) is 19.8. The van der Waals surface area contributed by atoms with Crippen LogP contribution in [0.2, 0.25) is 0 Å². The molecule has 0 heterocycles. The van der Waals surface area contributed by atoms with E-state index in [0.29, 0.717) is 0 Å². The average molecular weight is 404 g/mol. The molecule has 0 amide bonds. The summed E-state index contributed by atoms with van der Waals surface area (Å²) in [5.74, 6) is 2.62. The van der Waals surface area contributed by atoms with Crippen LogP contribution in [0.4, 0.5) is 0 Å². The van der Waals surface area contributed by atoms with Gasteiger partial charge in [-0.3, -0.25) is 0 Å². The second kappa shape index (κ2) is 18.3. The van der Waals surface area contributed by atoms with E-state index < -0.39 is 0 Å². The van der Waals surface area contributed by atoms with Gasteiger partial charge in [0.05, 0.1) is 26.7 Å². The van der Waals surface area contributed by atoms with Crippen LogP contribution in [0.1, 0.15) is 119 Å². The molecule has 3 atom stereocenters. The van der Waals surface area contributed by atoms with Crippen LogP contribution in [0.15, 0.2) is 0 Å². The molecule has 0 aromatic heterocycles. The van der Waals surface area contributed by atoms with Crippen LogP contribution in [-0.2, 0) is 0 Å². The van der Waals surface area contributed by atoms with Crippen LogP contribution in [0, 0.1) is 17.8 Å². The van der Waals surface area contributed by atoms with Crippen molar-refractivity contribution in [1.82, 2.24) is 0 Å². The third kappa shape index (κ3) is 16.9. The fourth-order valence-corrected chi connectivity index (χ4v) is 4.98. The lowest BCUT2D eigenvalue weighted by Crippen LogP contribution is -3.00. The van der Waals surface area contributed by atoms with E-state index in [2.05, 4.69) is 48.6 Å². The van der Waals surface area contributed by atoms with Gasteiger partial charge in [0.15, 0.2) is 0 Å². The first-order chi connectivity index (χ1) is 12.4. The van der Waals surface area contributed by atoms with E-state index in [1.165, 1.54) is 101 Å². The number of quaternary nitrogens is 1. The van der Waals surface area contributed by atoms with E-state index in [0.717, 1.165) is 17.8 Å². The van der Waals surface area contributed by atoms with Gasteiger partial charge in [0.2, 0.25) is 0 Å². The highest BCUT2D eigenvalue weighted by Gasteiger charge is 2.28. The lowest BCUT2D eigenvalue weighted by Gasteiger charge is -2.40. The molecule has 0 aliphatic rings. The van der Waals surface area contributed by atoms with Crippen LogP contribution in [-0.4, -0.2) is 31.2 Å². The van der Waals surface area contributed by atoms with Crippen molar-refractivity contribution in [3.8, 4) is 0 Å². The smallest absolute Gasteiger partial charge is 0.0810 e. The van der Waals surface area contributed by atoms with Crippen LogP contribution >= 0.6 is 0 Å². The highest BCUT2D eigenvalue weighted by atomic mass is 35.5. The van der Waals surface area contributed by atoms with Crippen molar-refractivity contribution in [3.63, 3.8) is 0 Å². The van der Waals surface area contributed by atoms with Gasteiger partial charge in [-0.05, 0) is 19.3 Å². The van der Waals surface area contributed by atoms with Crippen molar-refractivity contribution < 1.29 is 16.9 Å². The minimum atomic E-state index is 0. The number of rotatable bonds is 18. The van der Waals surface area contributed by atoms with Gasteiger partial charge in [0.25, 0.3) is 0 Å². The Morgan fingerprint density at radius 1 is 0.519 bits per heavy atom. The lowest BCUT2D eigenvalue weighted by molar-refractivity contribution is -0.918. The predicted octanol–water partition coefficient (Wildman–Crippen LogP) is 5.09. The van der Waals surface area contributed by atoms with Crippen LogP contribution in [0.3, 0.4) is 0 Å². The van der Waals surface area contributed by atoms with E-state index in [-0.39, 0.29) is 12.4 Å². The summed E-state index contributed by atoms with van der Waals surface area (Å²) in [6, 6.07) is 0. The molecule has 1 nitrogen and oxygen atoms in total. The molecule has 166 valence electrons. The Bertz CT molecular complexity index is 259. The third-order valence-electron chi connectivity index (χ3n) is 6.16. The van der Waals surface area contributed by atoms with Crippen molar-refractivity contribution in [2.75, 3.05) is 26.7 Å². The normalized spacial score (nSPS) is 17.0. The zero-order valence-electron chi connectivity index (χ0n) is 20.2. The Labute approximate surface area is 180 Å². The maximum absolute atomic E-state index is 2.57. The zero-order valence-corrected chi connectivity index (χ0v) is 20.9. The minimum absolute atomic E-state index is 0. The maximum Gasteiger partial charge on any atom is 0.0810 e. The summed E-state index contributed by atoms with van der Waals surface area (Å²) in [6.45, 7) is 18.7. The molecule has 0 spiro atoms. The molecular formula is C25H54ClN. The number of hydrogen-bond donors (Lipinski definition) is 0. The highest BCUT2D eigenvalue weighted by molar-refractivity contribution is 4.61. The predicted molar refractivity (Wildman–Crippen MR) is 121 cm³/mol. The SMILES string of the molecule is CCCCCC(C)C[N+](C)(CC(C)CCCCC)CC(C)CCCCC.[Cl-]. The van der Waals surface area contributed by atoms with Crippen molar-refractivity contribution in [3.05, 3.63) is 0 Å². The Hall–Kier alpha value is 0.250. The van der Waals surface area contributed by atoms with Gasteiger partial charge < -0.3 is 16.9 Å². The molecule has 0 aliphatic carbocycles. The van der Waals surface area contributed by atoms with E-state index in [9.17, 15) is 0 Å². The highest BCUT2D eigenvalue weighted by Crippen LogP contribution is 2.23. The summed E-state index contributed by atoms with van der Waals surface area (Å²) in [5.41, 5.74) is 0. The van der Waals surface area contributed by atoms with Crippen molar-refractivity contribution in [1.29, 1.82) is 0 Å². The first kappa shape index (κ1) is 29.5.